The summed E-state index contributed by atoms with van der Waals surface area (Å²) in [5, 5.41) is 2.88. The molecule has 0 saturated carbocycles. The first kappa shape index (κ1) is 12.2. The number of carbonyl (C=O) groups is 1. The van der Waals surface area contributed by atoms with Gasteiger partial charge in [-0.05, 0) is 24.1 Å². The Labute approximate surface area is 107 Å². The molecule has 3 nitrogen and oxygen atoms in total. The molecule has 92 valence electrons. The highest BCUT2D eigenvalue weighted by molar-refractivity contribution is 6.00. The molecule has 0 aliphatic heterocycles. The van der Waals surface area contributed by atoms with E-state index >= 15 is 0 Å². The maximum atomic E-state index is 12.1. The first-order valence-electron chi connectivity index (χ1n) is 5.85. The summed E-state index contributed by atoms with van der Waals surface area (Å²) in [5.41, 5.74) is 8.87. The summed E-state index contributed by atoms with van der Waals surface area (Å²) in [6.07, 6.45) is 0. The highest BCUT2D eigenvalue weighted by Crippen LogP contribution is 2.16. The number of hydrogen-bond donors (Lipinski definition) is 2. The van der Waals surface area contributed by atoms with Gasteiger partial charge in [-0.1, -0.05) is 42.5 Å². The second kappa shape index (κ2) is 5.36. The van der Waals surface area contributed by atoms with Gasteiger partial charge < -0.3 is 11.1 Å². The molecule has 0 saturated heterocycles. The highest BCUT2D eigenvalue weighted by atomic mass is 16.1. The lowest BCUT2D eigenvalue weighted by molar-refractivity contribution is 0.0951. The summed E-state index contributed by atoms with van der Waals surface area (Å²) in [6, 6.07) is 15.3. The van der Waals surface area contributed by atoms with E-state index < -0.39 is 0 Å². The van der Waals surface area contributed by atoms with Crippen LogP contribution in [0.4, 0.5) is 5.69 Å². The first-order chi connectivity index (χ1) is 8.68. The number of hydrogen-bond acceptors (Lipinski definition) is 2. The third kappa shape index (κ3) is 2.69. The van der Waals surface area contributed by atoms with E-state index in [-0.39, 0.29) is 5.91 Å². The van der Waals surface area contributed by atoms with Crippen LogP contribution in [0.15, 0.2) is 48.5 Å². The van der Waals surface area contributed by atoms with Gasteiger partial charge in [0.25, 0.3) is 5.91 Å². The lowest BCUT2D eigenvalue weighted by atomic mass is 10.1. The van der Waals surface area contributed by atoms with Gasteiger partial charge in [0, 0.05) is 12.2 Å². The zero-order chi connectivity index (χ0) is 13.0. The van der Waals surface area contributed by atoms with Crippen LogP contribution in [0.2, 0.25) is 0 Å². The largest absolute Gasteiger partial charge is 0.398 e. The zero-order valence-corrected chi connectivity index (χ0v) is 10.3. The number of anilines is 1. The number of nitrogens with one attached hydrogen (secondary N) is 1. The molecule has 1 amide bonds. The number of benzene rings is 2. The van der Waals surface area contributed by atoms with Gasteiger partial charge >= 0.3 is 0 Å². The van der Waals surface area contributed by atoms with Crippen molar-refractivity contribution in [3.63, 3.8) is 0 Å². The molecule has 0 radical (unpaired) electrons. The molecule has 18 heavy (non-hydrogen) atoms. The number of rotatable bonds is 3. The minimum absolute atomic E-state index is 0.130. The number of carbonyl (C=O) groups excluding carboxylic acids is 1. The Balaban J connectivity index is 2.09. The predicted molar refractivity (Wildman–Crippen MR) is 73.2 cm³/mol. The summed E-state index contributed by atoms with van der Waals surface area (Å²) in [7, 11) is 0. The summed E-state index contributed by atoms with van der Waals surface area (Å²) >= 11 is 0. The third-order valence-corrected chi connectivity index (χ3v) is 2.83. The summed E-state index contributed by atoms with van der Waals surface area (Å²) < 4.78 is 0. The third-order valence-electron chi connectivity index (χ3n) is 2.83. The Kier molecular flexibility index (Phi) is 3.63. The predicted octanol–water partition coefficient (Wildman–Crippen LogP) is 2.51. The molecule has 2 rings (SSSR count). The van der Waals surface area contributed by atoms with Crippen molar-refractivity contribution >= 4 is 11.6 Å². The maximum Gasteiger partial charge on any atom is 0.253 e. The molecule has 0 heterocycles. The van der Waals surface area contributed by atoms with Gasteiger partial charge in [-0.2, -0.15) is 0 Å². The monoisotopic (exact) mass is 240 g/mol. The average molecular weight is 240 g/mol. The van der Waals surface area contributed by atoms with Crippen molar-refractivity contribution in [2.75, 3.05) is 5.73 Å². The Morgan fingerprint density at radius 3 is 2.50 bits per heavy atom. The van der Waals surface area contributed by atoms with E-state index in [2.05, 4.69) is 5.32 Å². The van der Waals surface area contributed by atoms with Crippen LogP contribution in [-0.4, -0.2) is 5.91 Å². The van der Waals surface area contributed by atoms with E-state index in [4.69, 9.17) is 5.73 Å². The molecular formula is C15H16N2O. The Morgan fingerprint density at radius 2 is 1.83 bits per heavy atom. The lowest BCUT2D eigenvalue weighted by Gasteiger charge is -2.10. The van der Waals surface area contributed by atoms with E-state index in [1.807, 2.05) is 49.4 Å². The van der Waals surface area contributed by atoms with Crippen molar-refractivity contribution in [3.05, 3.63) is 65.2 Å². The van der Waals surface area contributed by atoms with E-state index in [9.17, 15) is 4.79 Å². The molecule has 0 aromatic heterocycles. The highest BCUT2D eigenvalue weighted by Gasteiger charge is 2.11. The molecule has 2 aromatic carbocycles. The molecule has 0 atom stereocenters. The SMILES string of the molecule is Cc1cccc(N)c1C(=O)NCc1ccccc1. The van der Waals surface area contributed by atoms with Crippen LogP contribution in [-0.2, 0) is 6.54 Å². The number of nitrogens with two attached hydrogens (primary N) is 1. The van der Waals surface area contributed by atoms with Gasteiger partial charge in [-0.15, -0.1) is 0 Å². The normalized spacial score (nSPS) is 10.1. The van der Waals surface area contributed by atoms with Gasteiger partial charge in [-0.3, -0.25) is 4.79 Å². The fourth-order valence-corrected chi connectivity index (χ4v) is 1.87. The fraction of sp³-hybridized carbons (Fsp3) is 0.133. The Bertz CT molecular complexity index is 529. The average Bonchev–Trinajstić information content (AvgIpc) is 2.37. The van der Waals surface area contributed by atoms with Crippen LogP contribution < -0.4 is 11.1 Å². The van der Waals surface area contributed by atoms with Crippen molar-refractivity contribution < 1.29 is 4.79 Å². The molecule has 2 aromatic rings. The zero-order valence-electron chi connectivity index (χ0n) is 10.3. The molecule has 0 fully saturated rings. The number of amides is 1. The molecule has 0 aliphatic carbocycles. The molecule has 3 N–H and O–H groups in total. The lowest BCUT2D eigenvalue weighted by Crippen LogP contribution is -2.24. The van der Waals surface area contributed by atoms with Crippen LogP contribution in [0.25, 0.3) is 0 Å². The summed E-state index contributed by atoms with van der Waals surface area (Å²) in [4.78, 5) is 12.1. The van der Waals surface area contributed by atoms with E-state index in [1.165, 1.54) is 0 Å². The van der Waals surface area contributed by atoms with E-state index in [1.54, 1.807) is 6.07 Å². The van der Waals surface area contributed by atoms with Crippen molar-refractivity contribution in [2.45, 2.75) is 13.5 Å². The maximum absolute atomic E-state index is 12.1. The van der Waals surface area contributed by atoms with Gasteiger partial charge in [0.15, 0.2) is 0 Å². The second-order valence-electron chi connectivity index (χ2n) is 4.21. The molecule has 0 unspecified atom stereocenters. The van der Waals surface area contributed by atoms with Gasteiger partial charge in [-0.25, -0.2) is 0 Å². The second-order valence-corrected chi connectivity index (χ2v) is 4.21. The van der Waals surface area contributed by atoms with Crippen LogP contribution in [0.3, 0.4) is 0 Å². The Morgan fingerprint density at radius 1 is 1.11 bits per heavy atom. The van der Waals surface area contributed by atoms with Crippen molar-refractivity contribution in [3.8, 4) is 0 Å². The van der Waals surface area contributed by atoms with Gasteiger partial charge in [0.05, 0.1) is 5.56 Å². The minimum Gasteiger partial charge on any atom is -0.398 e. The quantitative estimate of drug-likeness (QED) is 0.810. The summed E-state index contributed by atoms with van der Waals surface area (Å²) in [6.45, 7) is 2.39. The minimum atomic E-state index is -0.130. The van der Waals surface area contributed by atoms with Gasteiger partial charge in [0.1, 0.15) is 0 Å². The standard InChI is InChI=1S/C15H16N2O/c1-11-6-5-9-13(16)14(11)15(18)17-10-12-7-3-2-4-8-12/h2-9H,10,16H2,1H3,(H,17,18). The first-order valence-corrected chi connectivity index (χ1v) is 5.85. The van der Waals surface area contributed by atoms with E-state index in [0.717, 1.165) is 11.1 Å². The van der Waals surface area contributed by atoms with Gasteiger partial charge in [0.2, 0.25) is 0 Å². The van der Waals surface area contributed by atoms with Crippen molar-refractivity contribution in [1.82, 2.24) is 5.32 Å². The van der Waals surface area contributed by atoms with Crippen molar-refractivity contribution in [2.24, 2.45) is 0 Å². The van der Waals surface area contributed by atoms with Crippen LogP contribution in [0, 0.1) is 6.92 Å². The molecule has 3 heteroatoms. The Hall–Kier alpha value is -2.29. The van der Waals surface area contributed by atoms with Crippen LogP contribution >= 0.6 is 0 Å². The van der Waals surface area contributed by atoms with Crippen LogP contribution in [0.1, 0.15) is 21.5 Å². The smallest absolute Gasteiger partial charge is 0.253 e. The molecule has 0 spiro atoms. The van der Waals surface area contributed by atoms with E-state index in [0.29, 0.717) is 17.8 Å². The molecule has 0 aliphatic rings. The fourth-order valence-electron chi connectivity index (χ4n) is 1.87. The number of aryl methyl sites for hydroxylation is 1. The van der Waals surface area contributed by atoms with Crippen LogP contribution in [0.5, 0.6) is 0 Å². The number of nitrogen functional groups attached to an aromatic ring is 1. The summed E-state index contributed by atoms with van der Waals surface area (Å²) in [5.74, 6) is -0.130. The molecule has 0 bridgehead atoms. The van der Waals surface area contributed by atoms with Crippen molar-refractivity contribution in [1.29, 1.82) is 0 Å². The topological polar surface area (TPSA) is 55.1 Å². The molecular weight excluding hydrogens is 224 g/mol.